The number of hydrogen-bond donors (Lipinski definition) is 0. The molecule has 1 amide bonds. The molecular weight excluding hydrogens is 342 g/mol. The Hall–Kier alpha value is -2.24. The maximum Gasteiger partial charge on any atom is 0.261 e. The smallest absolute Gasteiger partial charge is 0.261 e. The average Bonchev–Trinajstić information content (AvgIpc) is 2.67. The van der Waals surface area contributed by atoms with E-state index < -0.39 is 0 Å². The number of morpholine rings is 1. The number of nitrogens with zero attached hydrogens (tertiary/aromatic N) is 1. The molecule has 1 saturated heterocycles. The first-order chi connectivity index (χ1) is 12.1. The van der Waals surface area contributed by atoms with Gasteiger partial charge in [-0.1, -0.05) is 29.8 Å². The van der Waals surface area contributed by atoms with Crippen LogP contribution in [0.4, 0.5) is 0 Å². The Morgan fingerprint density at radius 1 is 1.12 bits per heavy atom. The highest BCUT2D eigenvalue weighted by atomic mass is 35.5. The summed E-state index contributed by atoms with van der Waals surface area (Å²) in [5, 5.41) is 0.672. The number of carbonyl (C=O) groups excluding carboxylic acids is 1. The molecule has 2 aromatic carbocycles. The van der Waals surface area contributed by atoms with Gasteiger partial charge in [0.2, 0.25) is 0 Å². The first-order valence-electron chi connectivity index (χ1n) is 8.01. The SMILES string of the molecule is COc1cccc(OC)c1C(=O)N1CCOC(c2ccc(Cl)cc2)C1. The van der Waals surface area contributed by atoms with E-state index in [4.69, 9.17) is 25.8 Å². The lowest BCUT2D eigenvalue weighted by atomic mass is 10.1. The summed E-state index contributed by atoms with van der Waals surface area (Å²) in [6.07, 6.45) is -0.185. The van der Waals surface area contributed by atoms with Crippen LogP contribution in [0.3, 0.4) is 0 Å². The maximum atomic E-state index is 13.1. The topological polar surface area (TPSA) is 48.0 Å². The highest BCUT2D eigenvalue weighted by Gasteiger charge is 2.29. The van der Waals surface area contributed by atoms with Gasteiger partial charge in [-0.3, -0.25) is 4.79 Å². The Kier molecular flexibility index (Phi) is 5.46. The zero-order valence-corrected chi connectivity index (χ0v) is 15.0. The molecule has 1 unspecified atom stereocenters. The Morgan fingerprint density at radius 3 is 2.36 bits per heavy atom. The van der Waals surface area contributed by atoms with E-state index >= 15 is 0 Å². The van der Waals surface area contributed by atoms with Crippen molar-refractivity contribution >= 4 is 17.5 Å². The van der Waals surface area contributed by atoms with Crippen LogP contribution in [0.1, 0.15) is 22.0 Å². The quantitative estimate of drug-likeness (QED) is 0.835. The van der Waals surface area contributed by atoms with Gasteiger partial charge in [0.05, 0.1) is 27.4 Å². The fourth-order valence-corrected chi connectivity index (χ4v) is 3.06. The fourth-order valence-electron chi connectivity index (χ4n) is 2.93. The molecule has 0 radical (unpaired) electrons. The van der Waals surface area contributed by atoms with E-state index in [1.165, 1.54) is 0 Å². The molecule has 3 rings (SSSR count). The van der Waals surface area contributed by atoms with Gasteiger partial charge >= 0.3 is 0 Å². The second-order valence-corrected chi connectivity index (χ2v) is 6.14. The molecule has 1 fully saturated rings. The van der Waals surface area contributed by atoms with Crippen molar-refractivity contribution in [3.8, 4) is 11.5 Å². The summed E-state index contributed by atoms with van der Waals surface area (Å²) in [5.41, 5.74) is 1.43. The zero-order chi connectivity index (χ0) is 17.8. The summed E-state index contributed by atoms with van der Waals surface area (Å²) < 4.78 is 16.5. The molecule has 0 saturated carbocycles. The number of carbonyl (C=O) groups is 1. The largest absolute Gasteiger partial charge is 0.496 e. The minimum absolute atomic E-state index is 0.128. The third-order valence-corrected chi connectivity index (χ3v) is 4.49. The van der Waals surface area contributed by atoms with Crippen LogP contribution < -0.4 is 9.47 Å². The van der Waals surface area contributed by atoms with Gasteiger partial charge in [-0.05, 0) is 29.8 Å². The van der Waals surface area contributed by atoms with Crippen molar-refractivity contribution in [3.05, 3.63) is 58.6 Å². The number of ether oxygens (including phenoxy) is 3. The Bertz CT molecular complexity index is 725. The zero-order valence-electron chi connectivity index (χ0n) is 14.2. The normalized spacial score (nSPS) is 17.2. The van der Waals surface area contributed by atoms with Gasteiger partial charge in [0, 0.05) is 11.6 Å². The van der Waals surface area contributed by atoms with E-state index in [0.717, 1.165) is 5.56 Å². The summed E-state index contributed by atoms with van der Waals surface area (Å²) in [6.45, 7) is 1.45. The van der Waals surface area contributed by atoms with Gasteiger partial charge in [-0.15, -0.1) is 0 Å². The standard InChI is InChI=1S/C19H20ClNO4/c1-23-15-4-3-5-16(24-2)18(15)19(22)21-10-11-25-17(12-21)13-6-8-14(20)9-7-13/h3-9,17H,10-12H2,1-2H3. The van der Waals surface area contributed by atoms with Gasteiger partial charge in [-0.25, -0.2) is 0 Å². The third kappa shape index (κ3) is 3.72. The second kappa shape index (κ2) is 7.76. The van der Waals surface area contributed by atoms with Crippen LogP contribution in [0, 0.1) is 0 Å². The number of hydrogen-bond acceptors (Lipinski definition) is 4. The first-order valence-corrected chi connectivity index (χ1v) is 8.39. The average molecular weight is 362 g/mol. The molecule has 1 aliphatic heterocycles. The molecule has 0 spiro atoms. The van der Waals surface area contributed by atoms with Gasteiger partial charge in [0.15, 0.2) is 0 Å². The van der Waals surface area contributed by atoms with Crippen LogP contribution in [0.25, 0.3) is 0 Å². The van der Waals surface area contributed by atoms with E-state index in [1.807, 2.05) is 24.3 Å². The fraction of sp³-hybridized carbons (Fsp3) is 0.316. The molecule has 1 aliphatic rings. The van der Waals surface area contributed by atoms with Crippen LogP contribution >= 0.6 is 11.6 Å². The molecule has 6 heteroatoms. The van der Waals surface area contributed by atoms with Crippen LogP contribution in [0.15, 0.2) is 42.5 Å². The minimum Gasteiger partial charge on any atom is -0.496 e. The molecule has 2 aromatic rings. The monoisotopic (exact) mass is 361 g/mol. The Morgan fingerprint density at radius 2 is 1.76 bits per heavy atom. The highest BCUT2D eigenvalue weighted by Crippen LogP contribution is 2.31. The second-order valence-electron chi connectivity index (χ2n) is 5.70. The van der Waals surface area contributed by atoms with E-state index in [2.05, 4.69) is 0 Å². The molecule has 0 bridgehead atoms. The van der Waals surface area contributed by atoms with E-state index in [1.54, 1.807) is 37.3 Å². The summed E-state index contributed by atoms with van der Waals surface area (Å²) in [5.74, 6) is 0.870. The van der Waals surface area contributed by atoms with Crippen LogP contribution in [0.2, 0.25) is 5.02 Å². The molecule has 132 valence electrons. The summed E-state index contributed by atoms with van der Waals surface area (Å²) in [6, 6.07) is 12.8. The van der Waals surface area contributed by atoms with Crippen molar-refractivity contribution < 1.29 is 19.0 Å². The maximum absolute atomic E-state index is 13.1. The van der Waals surface area contributed by atoms with Gasteiger partial charge in [-0.2, -0.15) is 0 Å². The van der Waals surface area contributed by atoms with Gasteiger partial charge in [0.1, 0.15) is 23.2 Å². The molecular formula is C19H20ClNO4. The third-order valence-electron chi connectivity index (χ3n) is 4.24. The van der Waals surface area contributed by atoms with E-state index in [9.17, 15) is 4.79 Å². The van der Waals surface area contributed by atoms with Crippen molar-refractivity contribution in [2.45, 2.75) is 6.10 Å². The number of benzene rings is 2. The summed E-state index contributed by atoms with van der Waals surface area (Å²) >= 11 is 5.94. The summed E-state index contributed by atoms with van der Waals surface area (Å²) in [4.78, 5) is 14.8. The van der Waals surface area contributed by atoms with Gasteiger partial charge < -0.3 is 19.1 Å². The van der Waals surface area contributed by atoms with E-state index in [0.29, 0.717) is 41.8 Å². The molecule has 0 aromatic heterocycles. The number of rotatable bonds is 4. The summed E-state index contributed by atoms with van der Waals surface area (Å²) in [7, 11) is 3.09. The molecule has 1 heterocycles. The first kappa shape index (κ1) is 17.6. The molecule has 0 N–H and O–H groups in total. The van der Waals surface area contributed by atoms with Crippen LogP contribution in [-0.2, 0) is 4.74 Å². The lowest BCUT2D eigenvalue weighted by molar-refractivity contribution is -0.0230. The molecule has 0 aliphatic carbocycles. The molecule has 5 nitrogen and oxygen atoms in total. The van der Waals surface area contributed by atoms with E-state index in [-0.39, 0.29) is 12.0 Å². The minimum atomic E-state index is -0.185. The lowest BCUT2D eigenvalue weighted by Gasteiger charge is -2.33. The van der Waals surface area contributed by atoms with Crippen molar-refractivity contribution in [3.63, 3.8) is 0 Å². The molecule has 25 heavy (non-hydrogen) atoms. The Balaban J connectivity index is 1.84. The predicted octanol–water partition coefficient (Wildman–Crippen LogP) is 3.57. The highest BCUT2D eigenvalue weighted by molar-refractivity contribution is 6.30. The predicted molar refractivity (Wildman–Crippen MR) is 95.6 cm³/mol. The molecule has 1 atom stereocenters. The van der Waals surface area contributed by atoms with Crippen LogP contribution in [-0.4, -0.2) is 44.7 Å². The number of halogens is 1. The van der Waals surface area contributed by atoms with Crippen molar-refractivity contribution in [2.24, 2.45) is 0 Å². The van der Waals surface area contributed by atoms with Crippen molar-refractivity contribution in [1.82, 2.24) is 4.90 Å². The number of amides is 1. The van der Waals surface area contributed by atoms with Crippen LogP contribution in [0.5, 0.6) is 11.5 Å². The van der Waals surface area contributed by atoms with Gasteiger partial charge in [0.25, 0.3) is 5.91 Å². The Labute approximate surface area is 152 Å². The lowest BCUT2D eigenvalue weighted by Crippen LogP contribution is -2.42. The van der Waals surface area contributed by atoms with Crippen molar-refractivity contribution in [1.29, 1.82) is 0 Å². The number of methoxy groups -OCH3 is 2. The van der Waals surface area contributed by atoms with Crippen molar-refractivity contribution in [2.75, 3.05) is 33.9 Å².